The van der Waals surface area contributed by atoms with Crippen LogP contribution in [0.4, 0.5) is 0 Å². The van der Waals surface area contributed by atoms with Gasteiger partial charge in [0, 0.05) is 0 Å². The van der Waals surface area contributed by atoms with Gasteiger partial charge in [0.15, 0.2) is 0 Å². The van der Waals surface area contributed by atoms with Gasteiger partial charge in [0.25, 0.3) is 0 Å². The van der Waals surface area contributed by atoms with E-state index in [1.165, 1.54) is 28.7 Å². The Morgan fingerprint density at radius 3 is 2.04 bits per heavy atom. The fraction of sp³-hybridized carbons (Fsp3) is 0.455. The molecule has 0 fully saturated rings. The fourth-order valence-electron chi connectivity index (χ4n) is 3.26. The van der Waals surface area contributed by atoms with Crippen LogP contribution in [0, 0.1) is 18.8 Å². The van der Waals surface area contributed by atoms with Gasteiger partial charge in [-0.1, -0.05) is 58.0 Å². The third-order valence-corrected chi connectivity index (χ3v) is 4.49. The summed E-state index contributed by atoms with van der Waals surface area (Å²) >= 11 is 0. The van der Waals surface area contributed by atoms with Gasteiger partial charge in [0.1, 0.15) is 5.75 Å². The molecule has 0 amide bonds. The van der Waals surface area contributed by atoms with Gasteiger partial charge in [-0.25, -0.2) is 0 Å². The molecule has 1 heteroatoms. The topological polar surface area (TPSA) is 9.23 Å². The van der Waals surface area contributed by atoms with E-state index in [-0.39, 0.29) is 0 Å². The Kier molecular flexibility index (Phi) is 5.87. The van der Waals surface area contributed by atoms with Crippen molar-refractivity contribution in [3.05, 3.63) is 53.6 Å². The van der Waals surface area contributed by atoms with Crippen LogP contribution in [-0.4, -0.2) is 7.11 Å². The normalized spacial score (nSPS) is 12.7. The van der Waals surface area contributed by atoms with Crippen molar-refractivity contribution in [2.45, 2.75) is 47.0 Å². The molecular weight excluding hydrogens is 280 g/mol. The Labute approximate surface area is 141 Å². The smallest absolute Gasteiger partial charge is 0.119 e. The van der Waals surface area contributed by atoms with E-state index < -0.39 is 0 Å². The average molecular weight is 310 g/mol. The van der Waals surface area contributed by atoms with Crippen molar-refractivity contribution < 1.29 is 4.74 Å². The molecule has 1 nitrogen and oxygen atoms in total. The summed E-state index contributed by atoms with van der Waals surface area (Å²) in [7, 11) is 1.72. The largest absolute Gasteiger partial charge is 0.497 e. The summed E-state index contributed by atoms with van der Waals surface area (Å²) in [5.74, 6) is 2.95. The molecule has 0 aromatic heterocycles. The molecule has 23 heavy (non-hydrogen) atoms. The van der Waals surface area contributed by atoms with E-state index in [1.54, 1.807) is 7.11 Å². The van der Waals surface area contributed by atoms with Gasteiger partial charge in [-0.05, 0) is 65.5 Å². The first kappa shape index (κ1) is 17.6. The van der Waals surface area contributed by atoms with Crippen molar-refractivity contribution in [1.82, 2.24) is 0 Å². The minimum atomic E-state index is 0.635. The molecule has 1 atom stereocenters. The van der Waals surface area contributed by atoms with E-state index in [4.69, 9.17) is 4.74 Å². The number of benzene rings is 2. The minimum Gasteiger partial charge on any atom is -0.497 e. The van der Waals surface area contributed by atoms with Crippen molar-refractivity contribution in [1.29, 1.82) is 0 Å². The van der Waals surface area contributed by atoms with Crippen LogP contribution in [0.15, 0.2) is 42.5 Å². The molecule has 0 bridgehead atoms. The SMILES string of the molecule is COc1cc(C)cc(-c2ccc(C(CC(C)C)C(C)C)cc2)c1. The second kappa shape index (κ2) is 7.68. The Morgan fingerprint density at radius 2 is 1.52 bits per heavy atom. The quantitative estimate of drug-likeness (QED) is 0.595. The van der Waals surface area contributed by atoms with Crippen molar-refractivity contribution in [2.75, 3.05) is 7.11 Å². The summed E-state index contributed by atoms with van der Waals surface area (Å²) in [6, 6.07) is 15.5. The molecule has 0 heterocycles. The van der Waals surface area contributed by atoms with Crippen molar-refractivity contribution in [2.24, 2.45) is 11.8 Å². The lowest BCUT2D eigenvalue weighted by molar-refractivity contribution is 0.408. The lowest BCUT2D eigenvalue weighted by Gasteiger charge is -2.23. The van der Waals surface area contributed by atoms with Gasteiger partial charge < -0.3 is 4.74 Å². The van der Waals surface area contributed by atoms with Gasteiger partial charge in [-0.15, -0.1) is 0 Å². The zero-order chi connectivity index (χ0) is 17.0. The summed E-state index contributed by atoms with van der Waals surface area (Å²) in [5.41, 5.74) is 5.15. The third kappa shape index (κ3) is 4.60. The standard InChI is InChI=1S/C22H30O/c1-15(2)11-22(16(3)4)19-9-7-18(8-10-19)20-12-17(5)13-21(14-20)23-6/h7-10,12-16,22H,11H2,1-6H3. The number of ether oxygens (including phenoxy) is 1. The molecule has 0 aliphatic carbocycles. The maximum atomic E-state index is 5.39. The maximum absolute atomic E-state index is 5.39. The van der Waals surface area contributed by atoms with Crippen LogP contribution in [0.1, 0.15) is 51.2 Å². The lowest BCUT2D eigenvalue weighted by atomic mass is 9.82. The summed E-state index contributed by atoms with van der Waals surface area (Å²) in [6.45, 7) is 11.4. The second-order valence-corrected chi connectivity index (χ2v) is 7.34. The highest BCUT2D eigenvalue weighted by molar-refractivity contribution is 5.66. The second-order valence-electron chi connectivity index (χ2n) is 7.34. The van der Waals surface area contributed by atoms with Crippen LogP contribution in [-0.2, 0) is 0 Å². The lowest BCUT2D eigenvalue weighted by Crippen LogP contribution is -2.09. The van der Waals surface area contributed by atoms with Crippen LogP contribution in [0.2, 0.25) is 0 Å². The Balaban J connectivity index is 2.30. The number of rotatable bonds is 6. The van der Waals surface area contributed by atoms with Crippen LogP contribution < -0.4 is 4.74 Å². The highest BCUT2D eigenvalue weighted by Gasteiger charge is 2.17. The molecule has 0 saturated heterocycles. The molecule has 2 aromatic carbocycles. The van der Waals surface area contributed by atoms with Crippen LogP contribution in [0.25, 0.3) is 11.1 Å². The van der Waals surface area contributed by atoms with E-state index in [0.717, 1.165) is 11.7 Å². The van der Waals surface area contributed by atoms with Gasteiger partial charge >= 0.3 is 0 Å². The molecule has 2 rings (SSSR count). The molecule has 1 unspecified atom stereocenters. The van der Waals surface area contributed by atoms with Crippen LogP contribution in [0.5, 0.6) is 5.75 Å². The summed E-state index contributed by atoms with van der Waals surface area (Å²) in [4.78, 5) is 0. The first-order chi connectivity index (χ1) is 10.9. The molecule has 0 saturated carbocycles. The van der Waals surface area contributed by atoms with Crippen molar-refractivity contribution >= 4 is 0 Å². The number of hydrogen-bond acceptors (Lipinski definition) is 1. The van der Waals surface area contributed by atoms with Gasteiger partial charge in [0.05, 0.1) is 7.11 Å². The molecular formula is C22H30O. The van der Waals surface area contributed by atoms with Crippen LogP contribution in [0.3, 0.4) is 0 Å². The molecule has 0 aliphatic rings. The number of hydrogen-bond donors (Lipinski definition) is 0. The monoisotopic (exact) mass is 310 g/mol. The first-order valence-corrected chi connectivity index (χ1v) is 8.66. The summed E-state index contributed by atoms with van der Waals surface area (Å²) < 4.78 is 5.39. The fourth-order valence-corrected chi connectivity index (χ4v) is 3.26. The molecule has 0 N–H and O–H groups in total. The Hall–Kier alpha value is -1.76. The first-order valence-electron chi connectivity index (χ1n) is 8.66. The molecule has 0 radical (unpaired) electrons. The predicted molar refractivity (Wildman–Crippen MR) is 100 cm³/mol. The van der Waals surface area contributed by atoms with Gasteiger partial charge in [0.2, 0.25) is 0 Å². The van der Waals surface area contributed by atoms with E-state index in [9.17, 15) is 0 Å². The highest BCUT2D eigenvalue weighted by atomic mass is 16.5. The van der Waals surface area contributed by atoms with Gasteiger partial charge in [-0.3, -0.25) is 0 Å². The Bertz CT molecular complexity index is 623. The van der Waals surface area contributed by atoms with Gasteiger partial charge in [-0.2, -0.15) is 0 Å². The Morgan fingerprint density at radius 1 is 0.870 bits per heavy atom. The van der Waals surface area contributed by atoms with E-state index in [1.807, 2.05) is 0 Å². The zero-order valence-corrected chi connectivity index (χ0v) is 15.4. The summed E-state index contributed by atoms with van der Waals surface area (Å²) in [5, 5.41) is 0. The van der Waals surface area contributed by atoms with E-state index in [2.05, 4.69) is 77.1 Å². The molecule has 2 aromatic rings. The molecule has 124 valence electrons. The zero-order valence-electron chi connectivity index (χ0n) is 15.4. The van der Waals surface area contributed by atoms with Crippen molar-refractivity contribution in [3.8, 4) is 16.9 Å². The van der Waals surface area contributed by atoms with E-state index >= 15 is 0 Å². The average Bonchev–Trinajstić information content (AvgIpc) is 2.51. The van der Waals surface area contributed by atoms with Crippen molar-refractivity contribution in [3.63, 3.8) is 0 Å². The molecule has 0 spiro atoms. The maximum Gasteiger partial charge on any atom is 0.119 e. The van der Waals surface area contributed by atoms with E-state index in [0.29, 0.717) is 11.8 Å². The predicted octanol–water partition coefficient (Wildman–Crippen LogP) is 6.46. The molecule has 0 aliphatic heterocycles. The number of aryl methyl sites for hydroxylation is 1. The number of methoxy groups -OCH3 is 1. The summed E-state index contributed by atoms with van der Waals surface area (Å²) in [6.07, 6.45) is 1.25. The van der Waals surface area contributed by atoms with Crippen LogP contribution >= 0.6 is 0 Å². The minimum absolute atomic E-state index is 0.635. The third-order valence-electron chi connectivity index (χ3n) is 4.49. The highest BCUT2D eigenvalue weighted by Crippen LogP contribution is 2.33.